The molecule has 2 aliphatic rings. The predicted molar refractivity (Wildman–Crippen MR) is 315 cm³/mol. The Balaban J connectivity index is 0.000000237. The van der Waals surface area contributed by atoms with E-state index in [0.717, 1.165) is 77.3 Å². The first-order valence-electron chi connectivity index (χ1n) is 24.7. The predicted octanol–water partition coefficient (Wildman–Crippen LogP) is 13.0. The van der Waals surface area contributed by atoms with Gasteiger partial charge in [-0.05, 0) is 141 Å². The number of aryl methyl sites for hydroxylation is 4. The number of thiophene rings is 2. The van der Waals surface area contributed by atoms with Gasteiger partial charge in [0.15, 0.2) is 11.6 Å². The lowest BCUT2D eigenvalue weighted by atomic mass is 9.98. The van der Waals surface area contributed by atoms with Crippen LogP contribution in [0.25, 0.3) is 10.0 Å². The second-order valence-corrected chi connectivity index (χ2v) is 29.4. The summed E-state index contributed by atoms with van der Waals surface area (Å²) >= 11 is 5.71. The number of nitrogens with zero attached hydrogens (tertiary/aromatic N) is 8. The van der Waals surface area contributed by atoms with Gasteiger partial charge in [0.05, 0.1) is 24.3 Å². The molecule has 6 aromatic rings. The zero-order chi connectivity index (χ0) is 53.7. The van der Waals surface area contributed by atoms with Crippen LogP contribution in [-0.4, -0.2) is 80.6 Å². The monoisotopic (exact) mass is 1160 g/mol. The first-order chi connectivity index (χ1) is 34.2. The van der Waals surface area contributed by atoms with Crippen LogP contribution in [0.5, 0.6) is 0 Å². The molecule has 0 spiro atoms. The third kappa shape index (κ3) is 14.7. The number of halogens is 1. The van der Waals surface area contributed by atoms with E-state index in [1.807, 2.05) is 79.0 Å². The fourth-order valence-electron chi connectivity index (χ4n) is 7.99. The Morgan fingerprint density at radius 2 is 1.03 bits per heavy atom. The van der Waals surface area contributed by atoms with Crippen LogP contribution in [0.4, 0.5) is 0 Å². The fourth-order valence-corrected chi connectivity index (χ4v) is 11.5. The van der Waals surface area contributed by atoms with Crippen LogP contribution < -0.4 is 0 Å². The molecule has 0 N–H and O–H groups in total. The quantitative estimate of drug-likeness (QED) is 0.0695. The van der Waals surface area contributed by atoms with Crippen LogP contribution in [0.2, 0.25) is 19.6 Å². The lowest BCUT2D eigenvalue weighted by molar-refractivity contribution is -0.156. The van der Waals surface area contributed by atoms with E-state index >= 15 is 0 Å². The molecule has 12 nitrogen and oxygen atoms in total. The average molecular weight is 1160 g/mol. The van der Waals surface area contributed by atoms with Crippen molar-refractivity contribution < 1.29 is 19.1 Å². The summed E-state index contributed by atoms with van der Waals surface area (Å²) in [6, 6.07) is 15.5. The van der Waals surface area contributed by atoms with E-state index in [1.165, 1.54) is 20.9 Å². The Kier molecular flexibility index (Phi) is 19.6. The van der Waals surface area contributed by atoms with Gasteiger partial charge in [-0.15, -0.1) is 54.5 Å². The fraction of sp³-hybridized carbons (Fsp3) is 0.439. The molecule has 0 saturated carbocycles. The molecule has 0 saturated heterocycles. The number of fused-ring (bicyclic) bond motifs is 6. The number of aromatic nitrogens is 6. The molecule has 6 heterocycles. The summed E-state index contributed by atoms with van der Waals surface area (Å²) in [5, 5.41) is 19.6. The molecule has 0 bridgehead atoms. The van der Waals surface area contributed by atoms with Gasteiger partial charge in [-0.1, -0.05) is 69.6 Å². The molecule has 2 aliphatic heterocycles. The highest BCUT2D eigenvalue weighted by Crippen LogP contribution is 2.41. The number of benzene rings is 2. The maximum atomic E-state index is 12.8. The summed E-state index contributed by atoms with van der Waals surface area (Å²) in [4.78, 5) is 38.2. The normalized spacial score (nSPS) is 14.5. The summed E-state index contributed by atoms with van der Waals surface area (Å²) in [5.74, 6) is 11.7. The Morgan fingerprint density at radius 1 is 0.635 bits per heavy atom. The van der Waals surface area contributed by atoms with Gasteiger partial charge in [0.1, 0.15) is 53.0 Å². The number of ether oxygens (including phenoxy) is 2. The molecule has 8 rings (SSSR count). The Morgan fingerprint density at radius 3 is 1.38 bits per heavy atom. The third-order valence-corrected chi connectivity index (χ3v) is 15.4. The molecule has 2 atom stereocenters. The van der Waals surface area contributed by atoms with E-state index in [9.17, 15) is 9.59 Å². The number of carbonyl (C=O) groups is 2. The maximum Gasteiger partial charge on any atom is 0.308 e. The van der Waals surface area contributed by atoms with Crippen molar-refractivity contribution in [2.24, 2.45) is 9.98 Å². The summed E-state index contributed by atoms with van der Waals surface area (Å²) in [5.41, 5.74) is 11.3. The number of hydrogen-bond donors (Lipinski definition) is 0. The second-order valence-electron chi connectivity index (χ2n) is 21.0. The van der Waals surface area contributed by atoms with Crippen molar-refractivity contribution in [1.82, 2.24) is 29.5 Å². The summed E-state index contributed by atoms with van der Waals surface area (Å²) in [6.07, 6.45) is 2.02. The molecular formula is C57H69BIN8O4S2Si. The van der Waals surface area contributed by atoms with Crippen LogP contribution in [-0.2, 0) is 19.1 Å². The molecule has 0 amide bonds. The maximum absolute atomic E-state index is 12.8. The largest absolute Gasteiger partial charge is 0.460 e. The van der Waals surface area contributed by atoms with E-state index < -0.39 is 31.4 Å². The molecule has 0 fully saturated rings. The lowest BCUT2D eigenvalue weighted by Crippen LogP contribution is -2.25. The molecule has 4 aromatic heterocycles. The van der Waals surface area contributed by atoms with Crippen LogP contribution in [0.3, 0.4) is 0 Å². The molecule has 0 unspecified atom stereocenters. The minimum absolute atomic E-state index is 0. The third-order valence-electron chi connectivity index (χ3n) is 11.4. The van der Waals surface area contributed by atoms with E-state index in [-0.39, 0.29) is 33.2 Å². The van der Waals surface area contributed by atoms with Gasteiger partial charge < -0.3 is 9.47 Å². The van der Waals surface area contributed by atoms with Crippen molar-refractivity contribution in [3.05, 3.63) is 124 Å². The van der Waals surface area contributed by atoms with Gasteiger partial charge >= 0.3 is 11.9 Å². The van der Waals surface area contributed by atoms with Gasteiger partial charge in [-0.25, -0.2) is 0 Å². The number of rotatable bonds is 6. The van der Waals surface area contributed by atoms with E-state index in [2.05, 4.69) is 162 Å². The molecule has 2 aromatic carbocycles. The number of esters is 2. The van der Waals surface area contributed by atoms with Crippen LogP contribution in [0, 0.1) is 68.4 Å². The van der Waals surface area contributed by atoms with Crippen molar-refractivity contribution in [2.75, 3.05) is 0 Å². The van der Waals surface area contributed by atoms with E-state index in [1.54, 1.807) is 22.7 Å². The zero-order valence-corrected chi connectivity index (χ0v) is 50.9. The number of hydrogen-bond acceptors (Lipinski definition) is 12. The summed E-state index contributed by atoms with van der Waals surface area (Å²) in [7, 11) is -1.04. The van der Waals surface area contributed by atoms with Crippen molar-refractivity contribution in [3.8, 4) is 33.3 Å². The van der Waals surface area contributed by atoms with E-state index in [4.69, 9.17) is 19.5 Å². The Labute approximate surface area is 463 Å². The average Bonchev–Trinajstić information content (AvgIpc) is 3.99. The first kappa shape index (κ1) is 59.4. The first-order valence-corrected chi connectivity index (χ1v) is 30.9. The summed E-state index contributed by atoms with van der Waals surface area (Å²) < 4.78 is 16.5. The second kappa shape index (κ2) is 24.5. The van der Waals surface area contributed by atoms with Gasteiger partial charge in [0, 0.05) is 62.4 Å². The molecule has 0 aliphatic carbocycles. The molecule has 74 heavy (non-hydrogen) atoms. The minimum atomic E-state index is -1.04. The molecular weight excluding hydrogens is 1090 g/mol. The zero-order valence-electron chi connectivity index (χ0n) is 46.1. The molecule has 387 valence electrons. The van der Waals surface area contributed by atoms with Crippen molar-refractivity contribution in [2.45, 2.75) is 166 Å². The van der Waals surface area contributed by atoms with Crippen LogP contribution in [0.1, 0.15) is 165 Å². The van der Waals surface area contributed by atoms with E-state index in [0.29, 0.717) is 11.6 Å². The molecule has 17 heteroatoms. The topological polar surface area (TPSA) is 139 Å². The Hall–Kier alpha value is -5.47. The van der Waals surface area contributed by atoms with Gasteiger partial charge in [0.25, 0.3) is 0 Å². The van der Waals surface area contributed by atoms with Crippen LogP contribution in [0.15, 0.2) is 58.5 Å². The highest BCUT2D eigenvalue weighted by atomic mass is 127. The highest BCUT2D eigenvalue weighted by Gasteiger charge is 2.35. The van der Waals surface area contributed by atoms with Crippen molar-refractivity contribution in [3.63, 3.8) is 0 Å². The standard InChI is InChI=1S/C27H30N4O2S.C23H25IN4O2S.C7H14Si.B/c1-8-9-10-19-11-13-20(14-12-19)24-23-16(2)17(3)34-26(23)31-18(4)29-30-25(31)21(28-24)15-22(32)33-27(5,6)7;1-12-13(2)31-22-19(12)20(15-7-9-16(24)10-8-15)25-17(11-18(29)30-23(4,5)6)21-27-26-14(3)28(21)22;1-5-6-7-8(2,3)4;/h11-14,21H,8,15H2,1-7H3;7-10,17H,11H2,1-6H3;5H2,1-4H3;/t21-;17-;;/m00../s1. The minimum Gasteiger partial charge on any atom is -0.460 e. The van der Waals surface area contributed by atoms with Crippen molar-refractivity contribution in [1.29, 1.82) is 0 Å². The highest BCUT2D eigenvalue weighted by molar-refractivity contribution is 14.1. The SMILES string of the molecule is CCC#C[Si](C)(C)C.CCC#Cc1ccc(C2=N[C@@H](CC(=O)OC(C)(C)C)c3nnc(C)n3-c3sc(C)c(C)c32)cc1.Cc1sc2c(c1C)C(c1ccc(I)cc1)=N[C@@H](CC(=O)OC(C)(C)C)c1nnc(C)n1-2.[B]. The Bertz CT molecular complexity index is 3200. The van der Waals surface area contributed by atoms with Gasteiger partial charge in [0.2, 0.25) is 0 Å². The number of aliphatic imine (C=N–C) groups is 2. The lowest BCUT2D eigenvalue weighted by Gasteiger charge is -2.21. The van der Waals surface area contributed by atoms with Gasteiger partial charge in [-0.3, -0.25) is 28.7 Å². The smallest absolute Gasteiger partial charge is 0.308 e. The van der Waals surface area contributed by atoms with Crippen molar-refractivity contribution >= 4 is 85.1 Å². The number of carbonyl (C=O) groups excluding carboxylic acids is 2. The van der Waals surface area contributed by atoms with Crippen LogP contribution >= 0.6 is 45.3 Å². The molecule has 3 radical (unpaired) electrons. The van der Waals surface area contributed by atoms with Gasteiger partial charge in [-0.2, -0.15) is 0 Å². The summed E-state index contributed by atoms with van der Waals surface area (Å²) in [6.45, 7) is 34.5.